The average molecular weight is 488 g/mol. The van der Waals surface area contributed by atoms with E-state index in [0.29, 0.717) is 33.5 Å². The molecular formula is C24H29N3O6S. The zero-order valence-electron chi connectivity index (χ0n) is 19.8. The first-order chi connectivity index (χ1) is 16.5. The van der Waals surface area contributed by atoms with Gasteiger partial charge in [-0.05, 0) is 31.2 Å². The summed E-state index contributed by atoms with van der Waals surface area (Å²) in [4.78, 5) is 32.5. The minimum atomic E-state index is -0.609. The number of amides is 1. The van der Waals surface area contributed by atoms with Crippen LogP contribution in [-0.4, -0.2) is 62.5 Å². The Morgan fingerprint density at radius 3 is 2.65 bits per heavy atom. The highest BCUT2D eigenvalue weighted by Gasteiger charge is 2.43. The zero-order chi connectivity index (χ0) is 24.2. The van der Waals surface area contributed by atoms with Crippen LogP contribution in [0, 0.1) is 0 Å². The number of amidine groups is 1. The summed E-state index contributed by atoms with van der Waals surface area (Å²) >= 11 is 1.43. The number of carbonyl (C=O) groups excluding carboxylic acids is 2. The summed E-state index contributed by atoms with van der Waals surface area (Å²) in [5.41, 5.74) is 2.39. The van der Waals surface area contributed by atoms with E-state index in [4.69, 9.17) is 18.9 Å². The standard InChI is InChI=1S/C24H29N3O6S/c1-14-20(23(29)33-11-10-30-2)21(17-6-5-7-18(31-3)22(17)32-4)27-16(13-34-24(27)25-14)12-19(28)26-15-8-9-15/h5-7,13,15,21H,8-12H2,1-4H3,(H,26,28)/t21-/m0/s1. The number of hydrogen-bond donors (Lipinski definition) is 1. The van der Waals surface area contributed by atoms with Gasteiger partial charge in [0.1, 0.15) is 6.61 Å². The fourth-order valence-electron chi connectivity index (χ4n) is 4.02. The number of allylic oxidation sites excluding steroid dienone is 1. The molecule has 1 N–H and O–H groups in total. The molecule has 3 aliphatic rings. The predicted octanol–water partition coefficient (Wildman–Crippen LogP) is 3.14. The van der Waals surface area contributed by atoms with Gasteiger partial charge in [0.25, 0.3) is 0 Å². The lowest BCUT2D eigenvalue weighted by molar-refractivity contribution is -0.141. The monoisotopic (exact) mass is 487 g/mol. The van der Waals surface area contributed by atoms with E-state index in [1.807, 2.05) is 22.4 Å². The number of rotatable bonds is 10. The predicted molar refractivity (Wildman–Crippen MR) is 129 cm³/mol. The van der Waals surface area contributed by atoms with Crippen LogP contribution in [-0.2, 0) is 19.1 Å². The van der Waals surface area contributed by atoms with Gasteiger partial charge in [-0.25, -0.2) is 9.79 Å². The third-order valence-corrected chi connectivity index (χ3v) is 6.64. The molecular weight excluding hydrogens is 458 g/mol. The van der Waals surface area contributed by atoms with E-state index in [9.17, 15) is 9.59 Å². The molecule has 9 nitrogen and oxygen atoms in total. The smallest absolute Gasteiger partial charge is 0.338 e. The van der Waals surface area contributed by atoms with Gasteiger partial charge in [0.2, 0.25) is 5.91 Å². The maximum atomic E-state index is 13.3. The maximum absolute atomic E-state index is 13.3. The number of methoxy groups -OCH3 is 3. The highest BCUT2D eigenvalue weighted by Crippen LogP contribution is 2.48. The number of para-hydroxylation sites is 1. The Morgan fingerprint density at radius 1 is 1.18 bits per heavy atom. The summed E-state index contributed by atoms with van der Waals surface area (Å²) in [6.45, 7) is 2.19. The molecule has 1 aliphatic carbocycles. The van der Waals surface area contributed by atoms with Crippen LogP contribution in [0.15, 0.2) is 45.6 Å². The van der Waals surface area contributed by atoms with Crippen molar-refractivity contribution < 1.29 is 28.5 Å². The minimum Gasteiger partial charge on any atom is -0.493 e. The number of ether oxygens (including phenoxy) is 4. The molecule has 0 spiro atoms. The van der Waals surface area contributed by atoms with Crippen LogP contribution in [0.1, 0.15) is 37.8 Å². The van der Waals surface area contributed by atoms with Crippen LogP contribution in [0.4, 0.5) is 0 Å². The van der Waals surface area contributed by atoms with Crippen molar-refractivity contribution in [3.63, 3.8) is 0 Å². The second-order valence-electron chi connectivity index (χ2n) is 8.12. The van der Waals surface area contributed by atoms with Crippen LogP contribution >= 0.6 is 11.8 Å². The molecule has 0 unspecified atom stereocenters. The molecule has 1 atom stereocenters. The molecule has 1 saturated carbocycles. The van der Waals surface area contributed by atoms with Crippen molar-refractivity contribution >= 4 is 28.8 Å². The maximum Gasteiger partial charge on any atom is 0.338 e. The van der Waals surface area contributed by atoms with Gasteiger partial charge in [0.15, 0.2) is 16.7 Å². The van der Waals surface area contributed by atoms with Crippen LogP contribution in [0.5, 0.6) is 11.5 Å². The van der Waals surface area contributed by atoms with E-state index in [-0.39, 0.29) is 31.6 Å². The zero-order valence-corrected chi connectivity index (χ0v) is 20.6. The summed E-state index contributed by atoms with van der Waals surface area (Å²) in [5, 5.41) is 5.63. The lowest BCUT2D eigenvalue weighted by Crippen LogP contribution is -2.38. The Labute approximate surface area is 203 Å². The van der Waals surface area contributed by atoms with Crippen LogP contribution < -0.4 is 14.8 Å². The van der Waals surface area contributed by atoms with E-state index in [1.54, 1.807) is 34.3 Å². The lowest BCUT2D eigenvalue weighted by atomic mass is 9.92. The summed E-state index contributed by atoms with van der Waals surface area (Å²) in [6.07, 6.45) is 2.20. The fourth-order valence-corrected chi connectivity index (χ4v) is 4.98. The van der Waals surface area contributed by atoms with Gasteiger partial charge in [-0.1, -0.05) is 23.9 Å². The van der Waals surface area contributed by atoms with Crippen molar-refractivity contribution in [1.29, 1.82) is 0 Å². The summed E-state index contributed by atoms with van der Waals surface area (Å²) in [5.74, 6) is 0.496. The third kappa shape index (κ3) is 4.92. The van der Waals surface area contributed by atoms with E-state index in [2.05, 4.69) is 10.3 Å². The average Bonchev–Trinajstić information content (AvgIpc) is 3.56. The van der Waals surface area contributed by atoms with Gasteiger partial charge in [0, 0.05) is 24.4 Å². The molecule has 4 rings (SSSR count). The second kappa shape index (κ2) is 10.5. The van der Waals surface area contributed by atoms with Crippen LogP contribution in [0.3, 0.4) is 0 Å². The number of hydrogen-bond acceptors (Lipinski definition) is 9. The topological polar surface area (TPSA) is 98.7 Å². The molecule has 1 aromatic rings. The second-order valence-corrected chi connectivity index (χ2v) is 8.96. The van der Waals surface area contributed by atoms with Gasteiger partial charge in [-0.3, -0.25) is 4.79 Å². The van der Waals surface area contributed by atoms with E-state index >= 15 is 0 Å². The molecule has 34 heavy (non-hydrogen) atoms. The number of fused-ring (bicyclic) bond motifs is 1. The molecule has 2 heterocycles. The first-order valence-corrected chi connectivity index (χ1v) is 12.0. The van der Waals surface area contributed by atoms with Crippen molar-refractivity contribution in [2.75, 3.05) is 34.5 Å². The first kappa shape index (κ1) is 24.2. The van der Waals surface area contributed by atoms with Crippen molar-refractivity contribution in [2.24, 2.45) is 4.99 Å². The Hall–Kier alpha value is -2.98. The van der Waals surface area contributed by atoms with Gasteiger partial charge < -0.3 is 29.2 Å². The van der Waals surface area contributed by atoms with Gasteiger partial charge in [-0.15, -0.1) is 0 Å². The molecule has 1 aromatic carbocycles. The molecule has 182 valence electrons. The highest BCUT2D eigenvalue weighted by molar-refractivity contribution is 8.16. The molecule has 0 radical (unpaired) electrons. The normalized spacial score (nSPS) is 19.3. The summed E-state index contributed by atoms with van der Waals surface area (Å²) in [6, 6.07) is 5.18. The largest absolute Gasteiger partial charge is 0.493 e. The number of nitrogens with zero attached hydrogens (tertiary/aromatic N) is 2. The molecule has 0 saturated heterocycles. The van der Waals surface area contributed by atoms with Crippen molar-refractivity contribution in [2.45, 2.75) is 38.3 Å². The quantitative estimate of drug-likeness (QED) is 0.397. The molecule has 2 aliphatic heterocycles. The van der Waals surface area contributed by atoms with E-state index in [0.717, 1.165) is 18.5 Å². The third-order valence-electron chi connectivity index (χ3n) is 5.75. The summed E-state index contributed by atoms with van der Waals surface area (Å²) in [7, 11) is 4.67. The van der Waals surface area contributed by atoms with Gasteiger partial charge in [0.05, 0.1) is 44.6 Å². The van der Waals surface area contributed by atoms with Crippen LogP contribution in [0.2, 0.25) is 0 Å². The Balaban J connectivity index is 1.75. The van der Waals surface area contributed by atoms with E-state index < -0.39 is 12.0 Å². The van der Waals surface area contributed by atoms with Crippen molar-refractivity contribution in [1.82, 2.24) is 10.2 Å². The molecule has 0 aromatic heterocycles. The van der Waals surface area contributed by atoms with Crippen molar-refractivity contribution in [3.8, 4) is 11.5 Å². The van der Waals surface area contributed by atoms with Gasteiger partial charge >= 0.3 is 5.97 Å². The molecule has 1 fully saturated rings. The number of thioether (sulfide) groups is 1. The highest BCUT2D eigenvalue weighted by atomic mass is 32.2. The Bertz CT molecular complexity index is 1060. The summed E-state index contributed by atoms with van der Waals surface area (Å²) < 4.78 is 21.8. The van der Waals surface area contributed by atoms with Gasteiger partial charge in [-0.2, -0.15) is 0 Å². The number of aliphatic imine (C=N–C) groups is 1. The Kier molecular flexibility index (Phi) is 7.47. The fraction of sp³-hybridized carbons (Fsp3) is 0.458. The SMILES string of the molecule is COCCOC(=O)C1=C(C)N=C2SC=C(CC(=O)NC3CC3)N2[C@H]1c1cccc(OC)c1OC. The van der Waals surface area contributed by atoms with E-state index in [1.165, 1.54) is 11.8 Å². The number of nitrogens with one attached hydrogen (secondary N) is 1. The number of esters is 1. The molecule has 10 heteroatoms. The lowest BCUT2D eigenvalue weighted by Gasteiger charge is -2.37. The molecule has 1 amide bonds. The first-order valence-electron chi connectivity index (χ1n) is 11.1. The van der Waals surface area contributed by atoms with Crippen LogP contribution in [0.25, 0.3) is 0 Å². The van der Waals surface area contributed by atoms with Crippen molar-refractivity contribution in [3.05, 3.63) is 46.1 Å². The minimum absolute atomic E-state index is 0.0533. The Morgan fingerprint density at radius 2 is 1.97 bits per heavy atom. The number of benzene rings is 1. The number of carbonyl (C=O) groups is 2. The molecule has 0 bridgehead atoms.